The van der Waals surface area contributed by atoms with Crippen molar-refractivity contribution in [3.05, 3.63) is 53.3 Å². The number of pyridine rings is 1. The lowest BCUT2D eigenvalue weighted by Crippen LogP contribution is -2.13. The molecule has 112 valence electrons. The van der Waals surface area contributed by atoms with Crippen LogP contribution >= 0.6 is 0 Å². The molecular weight excluding hydrogens is 276 g/mol. The van der Waals surface area contributed by atoms with Gasteiger partial charge in [-0.05, 0) is 37.1 Å². The van der Waals surface area contributed by atoms with Gasteiger partial charge in [-0.15, -0.1) is 0 Å². The molecule has 0 aliphatic carbocycles. The minimum absolute atomic E-state index is 0.146. The molecule has 2 heterocycles. The van der Waals surface area contributed by atoms with Crippen molar-refractivity contribution < 1.29 is 4.79 Å². The van der Waals surface area contributed by atoms with Crippen LogP contribution in [0.4, 0.5) is 5.69 Å². The van der Waals surface area contributed by atoms with Crippen LogP contribution in [0.1, 0.15) is 28.5 Å². The fourth-order valence-corrected chi connectivity index (χ4v) is 2.45. The lowest BCUT2D eigenvalue weighted by molar-refractivity contribution is 0.102. The van der Waals surface area contributed by atoms with Crippen LogP contribution in [0, 0.1) is 6.92 Å². The highest BCUT2D eigenvalue weighted by atomic mass is 16.1. The van der Waals surface area contributed by atoms with Gasteiger partial charge >= 0.3 is 0 Å². The van der Waals surface area contributed by atoms with Gasteiger partial charge in [-0.2, -0.15) is 5.10 Å². The van der Waals surface area contributed by atoms with Crippen LogP contribution in [-0.2, 0) is 13.5 Å². The Morgan fingerprint density at radius 1 is 1.27 bits per heavy atom. The van der Waals surface area contributed by atoms with E-state index in [0.717, 1.165) is 23.2 Å². The van der Waals surface area contributed by atoms with Crippen molar-refractivity contribution in [2.24, 2.45) is 7.05 Å². The summed E-state index contributed by atoms with van der Waals surface area (Å²) < 4.78 is 1.68. The maximum Gasteiger partial charge on any atom is 0.256 e. The van der Waals surface area contributed by atoms with Crippen molar-refractivity contribution >= 4 is 22.6 Å². The van der Waals surface area contributed by atoms with E-state index in [1.165, 1.54) is 5.56 Å². The molecule has 0 bridgehead atoms. The highest BCUT2D eigenvalue weighted by molar-refractivity contribution is 6.11. The Balaban J connectivity index is 1.94. The van der Waals surface area contributed by atoms with Crippen LogP contribution in [0.5, 0.6) is 0 Å². The minimum Gasteiger partial charge on any atom is -0.322 e. The third kappa shape index (κ3) is 2.57. The molecule has 0 aliphatic heterocycles. The lowest BCUT2D eigenvalue weighted by Gasteiger charge is -2.08. The fraction of sp³-hybridized carbons (Fsp3) is 0.235. The highest BCUT2D eigenvalue weighted by Crippen LogP contribution is 2.19. The van der Waals surface area contributed by atoms with Crippen LogP contribution in [0.2, 0.25) is 0 Å². The summed E-state index contributed by atoms with van der Waals surface area (Å²) in [5.74, 6) is -0.146. The molecule has 22 heavy (non-hydrogen) atoms. The van der Waals surface area contributed by atoms with Crippen LogP contribution in [0.3, 0.4) is 0 Å². The van der Waals surface area contributed by atoms with Crippen molar-refractivity contribution in [1.29, 1.82) is 0 Å². The first-order valence-corrected chi connectivity index (χ1v) is 7.28. The Labute approximate surface area is 129 Å². The van der Waals surface area contributed by atoms with Crippen molar-refractivity contribution in [2.45, 2.75) is 20.3 Å². The average molecular weight is 294 g/mol. The molecular formula is C17H18N4O. The van der Waals surface area contributed by atoms with Gasteiger partial charge in [0.05, 0.1) is 17.1 Å². The number of aromatic nitrogens is 3. The van der Waals surface area contributed by atoms with Gasteiger partial charge in [-0.25, -0.2) is 4.98 Å². The second-order valence-electron chi connectivity index (χ2n) is 5.32. The number of hydrogen-bond acceptors (Lipinski definition) is 3. The van der Waals surface area contributed by atoms with Crippen molar-refractivity contribution in [2.75, 3.05) is 5.32 Å². The second kappa shape index (κ2) is 5.60. The summed E-state index contributed by atoms with van der Waals surface area (Å²) in [5.41, 5.74) is 4.13. The lowest BCUT2D eigenvalue weighted by atomic mass is 10.1. The molecule has 3 aromatic rings. The van der Waals surface area contributed by atoms with Crippen molar-refractivity contribution in [3.63, 3.8) is 0 Å². The molecule has 5 nitrogen and oxygen atoms in total. The summed E-state index contributed by atoms with van der Waals surface area (Å²) in [6.45, 7) is 3.98. The Morgan fingerprint density at radius 3 is 2.68 bits per heavy atom. The zero-order valence-electron chi connectivity index (χ0n) is 12.9. The predicted molar refractivity (Wildman–Crippen MR) is 87.0 cm³/mol. The van der Waals surface area contributed by atoms with Crippen molar-refractivity contribution in [1.82, 2.24) is 14.8 Å². The van der Waals surface area contributed by atoms with E-state index in [0.29, 0.717) is 11.2 Å². The number of nitrogens with one attached hydrogen (secondary N) is 1. The molecule has 0 unspecified atom stereocenters. The number of anilines is 1. The maximum atomic E-state index is 12.6. The number of nitrogens with zero attached hydrogens (tertiary/aromatic N) is 3. The molecule has 3 rings (SSSR count). The normalized spacial score (nSPS) is 10.9. The van der Waals surface area contributed by atoms with E-state index in [4.69, 9.17) is 0 Å². The topological polar surface area (TPSA) is 59.8 Å². The molecule has 0 spiro atoms. The van der Waals surface area contributed by atoms with Gasteiger partial charge in [0.2, 0.25) is 0 Å². The van der Waals surface area contributed by atoms with Crippen molar-refractivity contribution in [3.8, 4) is 0 Å². The monoisotopic (exact) mass is 294 g/mol. The molecule has 0 fully saturated rings. The Morgan fingerprint density at radius 2 is 2.00 bits per heavy atom. The Bertz CT molecular complexity index is 834. The van der Waals surface area contributed by atoms with E-state index in [2.05, 4.69) is 22.3 Å². The SMILES string of the molecule is CCc1ccc(NC(=O)c2cc(C)nc3c2cnn3C)cc1. The van der Waals surface area contributed by atoms with Gasteiger partial charge in [0, 0.05) is 18.4 Å². The molecule has 1 N–H and O–H groups in total. The molecule has 1 aromatic carbocycles. The Kier molecular flexibility index (Phi) is 3.63. The number of amides is 1. The third-order valence-electron chi connectivity index (χ3n) is 3.70. The van der Waals surface area contributed by atoms with E-state index in [1.807, 2.05) is 38.2 Å². The third-order valence-corrected chi connectivity index (χ3v) is 3.70. The number of carbonyl (C=O) groups is 1. The molecule has 0 saturated carbocycles. The summed E-state index contributed by atoms with van der Waals surface area (Å²) in [5, 5.41) is 7.88. The number of fused-ring (bicyclic) bond motifs is 1. The average Bonchev–Trinajstić information content (AvgIpc) is 2.88. The molecule has 1 amide bonds. The molecule has 0 atom stereocenters. The highest BCUT2D eigenvalue weighted by Gasteiger charge is 2.14. The summed E-state index contributed by atoms with van der Waals surface area (Å²) in [7, 11) is 1.82. The molecule has 2 aromatic heterocycles. The molecule has 0 saturated heterocycles. The van der Waals surface area contributed by atoms with Gasteiger partial charge in [0.15, 0.2) is 5.65 Å². The van der Waals surface area contributed by atoms with E-state index in [9.17, 15) is 4.79 Å². The van der Waals surface area contributed by atoms with Crippen LogP contribution < -0.4 is 5.32 Å². The smallest absolute Gasteiger partial charge is 0.256 e. The van der Waals surface area contributed by atoms with Gasteiger partial charge in [0.25, 0.3) is 5.91 Å². The van der Waals surface area contributed by atoms with E-state index in [1.54, 1.807) is 16.9 Å². The van der Waals surface area contributed by atoms with Crippen LogP contribution in [0.15, 0.2) is 36.5 Å². The minimum atomic E-state index is -0.146. The first-order chi connectivity index (χ1) is 10.6. The quantitative estimate of drug-likeness (QED) is 0.807. The number of benzene rings is 1. The number of rotatable bonds is 3. The Hall–Kier alpha value is -2.69. The van der Waals surface area contributed by atoms with Gasteiger partial charge < -0.3 is 5.32 Å². The fourth-order valence-electron chi connectivity index (χ4n) is 2.45. The number of hydrogen-bond donors (Lipinski definition) is 1. The van der Waals surface area contributed by atoms with Crippen LogP contribution in [-0.4, -0.2) is 20.7 Å². The first kappa shape index (κ1) is 14.3. The predicted octanol–water partition coefficient (Wildman–Crippen LogP) is 3.09. The van der Waals surface area contributed by atoms with Gasteiger partial charge in [0.1, 0.15) is 0 Å². The zero-order chi connectivity index (χ0) is 15.7. The van der Waals surface area contributed by atoms with Gasteiger partial charge in [-0.1, -0.05) is 19.1 Å². The number of aryl methyl sites for hydroxylation is 3. The number of carbonyl (C=O) groups excluding carboxylic acids is 1. The van der Waals surface area contributed by atoms with Crippen LogP contribution in [0.25, 0.3) is 11.0 Å². The molecule has 0 aliphatic rings. The van der Waals surface area contributed by atoms with Gasteiger partial charge in [-0.3, -0.25) is 9.48 Å². The largest absolute Gasteiger partial charge is 0.322 e. The van der Waals surface area contributed by atoms with E-state index < -0.39 is 0 Å². The maximum absolute atomic E-state index is 12.6. The summed E-state index contributed by atoms with van der Waals surface area (Å²) >= 11 is 0. The zero-order valence-corrected chi connectivity index (χ0v) is 12.9. The summed E-state index contributed by atoms with van der Waals surface area (Å²) in [4.78, 5) is 17.0. The summed E-state index contributed by atoms with van der Waals surface area (Å²) in [6.07, 6.45) is 2.66. The first-order valence-electron chi connectivity index (χ1n) is 7.28. The standard InChI is InChI=1S/C17H18N4O/c1-4-12-5-7-13(8-6-12)20-17(22)14-9-11(2)19-16-15(14)10-18-21(16)3/h5-10H,4H2,1-3H3,(H,20,22). The molecule has 5 heteroatoms. The summed E-state index contributed by atoms with van der Waals surface area (Å²) in [6, 6.07) is 9.68. The van der Waals surface area contributed by atoms with E-state index >= 15 is 0 Å². The molecule has 0 radical (unpaired) electrons. The second-order valence-corrected chi connectivity index (χ2v) is 5.32. The van der Waals surface area contributed by atoms with E-state index in [-0.39, 0.29) is 5.91 Å².